The first-order valence-corrected chi connectivity index (χ1v) is 14.6. The lowest BCUT2D eigenvalue weighted by atomic mass is 9.60. The molecule has 7 rings (SSSR count). The molecule has 0 spiro atoms. The molecule has 0 unspecified atom stereocenters. The average molecular weight is 542 g/mol. The zero-order valence-corrected chi connectivity index (χ0v) is 24.6. The van der Waals surface area contributed by atoms with Crippen LogP contribution in [0, 0.1) is 24.6 Å². The summed E-state index contributed by atoms with van der Waals surface area (Å²) in [6.07, 6.45) is 4.17. The molecule has 1 aliphatic carbocycles. The molecule has 206 valence electrons. The third-order valence-corrected chi connectivity index (χ3v) is 8.83. The van der Waals surface area contributed by atoms with Crippen LogP contribution in [0.3, 0.4) is 0 Å². The Morgan fingerprint density at radius 1 is 0.756 bits per heavy atom. The summed E-state index contributed by atoms with van der Waals surface area (Å²) < 4.78 is 41.2. The number of benzene rings is 4. The zero-order valence-electron chi connectivity index (χ0n) is 28.6. The van der Waals surface area contributed by atoms with Crippen molar-refractivity contribution in [1.82, 2.24) is 4.98 Å². The summed E-state index contributed by atoms with van der Waals surface area (Å²) in [5.74, 6) is -0.702. The molecule has 0 aliphatic heterocycles. The van der Waals surface area contributed by atoms with E-state index in [1.807, 2.05) is 49.4 Å². The molecule has 41 heavy (non-hydrogen) atoms. The van der Waals surface area contributed by atoms with Crippen molar-refractivity contribution in [1.29, 1.82) is 0 Å². The number of nitrogens with zero attached hydrogens (tertiary/aromatic N) is 1. The van der Waals surface area contributed by atoms with E-state index in [0.29, 0.717) is 11.3 Å². The van der Waals surface area contributed by atoms with Crippen molar-refractivity contribution >= 4 is 32.7 Å². The van der Waals surface area contributed by atoms with Crippen LogP contribution < -0.4 is 0 Å². The van der Waals surface area contributed by atoms with Gasteiger partial charge in [0.05, 0.1) is 5.69 Å². The molecule has 0 atom stereocenters. The summed E-state index contributed by atoms with van der Waals surface area (Å²) >= 11 is 0. The fraction of sp³-hybridized carbons (Fsp3) is 0.308. The molecule has 1 saturated carbocycles. The molecule has 2 aromatic heterocycles. The second-order valence-electron chi connectivity index (χ2n) is 13.6. The number of hydrogen-bond donors (Lipinski definition) is 0. The van der Waals surface area contributed by atoms with Crippen LogP contribution in [0.4, 0.5) is 0 Å². The fourth-order valence-corrected chi connectivity index (χ4v) is 7.58. The topological polar surface area (TPSA) is 26.0 Å². The first-order valence-electron chi connectivity index (χ1n) is 16.6. The van der Waals surface area contributed by atoms with Crippen molar-refractivity contribution in [2.24, 2.45) is 10.8 Å². The van der Waals surface area contributed by atoms with Crippen molar-refractivity contribution in [3.05, 3.63) is 102 Å². The predicted molar refractivity (Wildman–Crippen MR) is 174 cm³/mol. The van der Waals surface area contributed by atoms with Crippen LogP contribution in [-0.4, -0.2) is 4.98 Å². The van der Waals surface area contributed by atoms with E-state index in [1.54, 1.807) is 0 Å². The Bertz CT molecular complexity index is 2100. The summed E-state index contributed by atoms with van der Waals surface area (Å²) in [6, 6.07) is 26.5. The van der Waals surface area contributed by atoms with Gasteiger partial charge in [0, 0.05) is 33.4 Å². The smallest absolute Gasteiger partial charge is 0.144 e. The van der Waals surface area contributed by atoms with Gasteiger partial charge < -0.3 is 4.42 Å². The van der Waals surface area contributed by atoms with Gasteiger partial charge >= 0.3 is 0 Å². The van der Waals surface area contributed by atoms with Crippen molar-refractivity contribution in [2.45, 2.75) is 66.6 Å². The number of aryl methyl sites for hydroxylation is 2. The van der Waals surface area contributed by atoms with Gasteiger partial charge in [-0.05, 0) is 101 Å². The van der Waals surface area contributed by atoms with E-state index < -0.39 is 12.7 Å². The SMILES string of the molecule is [2H]C([2H])([2H])c1cnc(-c2cccc3c2oc2c4ccccc4ccc32)cc1-c1ccc(C2([2H])CC(C)(C)CC(C)(C)C2)cc1C. The minimum atomic E-state index is -2.34. The van der Waals surface area contributed by atoms with Gasteiger partial charge in [0.25, 0.3) is 0 Å². The number of aromatic nitrogens is 1. The van der Waals surface area contributed by atoms with Gasteiger partial charge in [-0.15, -0.1) is 0 Å². The normalized spacial score (nSPS) is 19.5. The average Bonchev–Trinajstić information content (AvgIpc) is 3.34. The lowest BCUT2D eigenvalue weighted by Crippen LogP contribution is -2.32. The maximum atomic E-state index is 9.60. The van der Waals surface area contributed by atoms with Crippen LogP contribution in [0.2, 0.25) is 0 Å². The lowest BCUT2D eigenvalue weighted by Gasteiger charge is -2.45. The van der Waals surface area contributed by atoms with E-state index in [0.717, 1.165) is 74.2 Å². The van der Waals surface area contributed by atoms with Gasteiger partial charge in [-0.2, -0.15) is 0 Å². The second-order valence-corrected chi connectivity index (χ2v) is 13.6. The first-order chi connectivity index (χ1) is 21.1. The van der Waals surface area contributed by atoms with Crippen molar-refractivity contribution in [3.8, 4) is 22.4 Å². The Morgan fingerprint density at radius 2 is 1.51 bits per heavy atom. The largest absolute Gasteiger partial charge is 0.455 e. The molecule has 1 fully saturated rings. The van der Waals surface area contributed by atoms with Gasteiger partial charge in [-0.1, -0.05) is 88.4 Å². The van der Waals surface area contributed by atoms with Crippen LogP contribution >= 0.6 is 0 Å². The standard InChI is InChI=1S/C39H39NO/c1-24-18-27(28-20-38(3,4)23-39(5,6)21-28)15-16-29(24)34-19-35(40-22-25(34)2)33-13-9-12-31-32-17-14-26-10-7-8-11-30(26)36(32)41-37(31)33/h7-19,22,28H,20-21,23H2,1-6H3/i2D3,28D. The van der Waals surface area contributed by atoms with Crippen molar-refractivity contribution in [2.75, 3.05) is 0 Å². The number of pyridine rings is 1. The Hall–Kier alpha value is -3.91. The zero-order chi connectivity index (χ0) is 31.9. The minimum Gasteiger partial charge on any atom is -0.455 e. The van der Waals surface area contributed by atoms with Gasteiger partial charge in [0.15, 0.2) is 0 Å². The highest BCUT2D eigenvalue weighted by Crippen LogP contribution is 2.52. The molecule has 0 N–H and O–H groups in total. The molecular formula is C39H39NO. The van der Waals surface area contributed by atoms with Crippen LogP contribution in [-0.2, 0) is 0 Å². The second kappa shape index (κ2) is 9.31. The molecule has 2 nitrogen and oxygen atoms in total. The highest BCUT2D eigenvalue weighted by molar-refractivity contribution is 6.17. The van der Waals surface area contributed by atoms with Crippen LogP contribution in [0.1, 0.15) is 75.0 Å². The molecule has 0 bridgehead atoms. The van der Waals surface area contributed by atoms with E-state index >= 15 is 0 Å². The minimum absolute atomic E-state index is 0.0640. The molecule has 0 amide bonds. The lowest BCUT2D eigenvalue weighted by molar-refractivity contribution is 0.0969. The Kier molecular flexibility index (Phi) is 4.95. The maximum Gasteiger partial charge on any atom is 0.144 e. The summed E-state index contributed by atoms with van der Waals surface area (Å²) in [7, 11) is 0. The van der Waals surface area contributed by atoms with E-state index in [-0.39, 0.29) is 16.4 Å². The molecule has 1 aliphatic rings. The Morgan fingerprint density at radius 3 is 2.29 bits per heavy atom. The molecule has 4 aromatic carbocycles. The maximum absolute atomic E-state index is 9.60. The molecule has 0 radical (unpaired) electrons. The molecule has 2 heterocycles. The van der Waals surface area contributed by atoms with Crippen LogP contribution in [0.5, 0.6) is 0 Å². The van der Waals surface area contributed by atoms with E-state index in [9.17, 15) is 1.37 Å². The number of fused-ring (bicyclic) bond motifs is 5. The predicted octanol–water partition coefficient (Wildman–Crippen LogP) is 11.4. The van der Waals surface area contributed by atoms with E-state index in [1.165, 1.54) is 6.20 Å². The quantitative estimate of drug-likeness (QED) is 0.223. The Balaban J connectivity index is 1.38. The number of rotatable bonds is 3. The summed E-state index contributed by atoms with van der Waals surface area (Å²) in [5, 5.41) is 4.20. The number of hydrogen-bond acceptors (Lipinski definition) is 2. The van der Waals surface area contributed by atoms with Gasteiger partial charge in [-0.3, -0.25) is 4.98 Å². The van der Waals surface area contributed by atoms with E-state index in [2.05, 4.69) is 64.1 Å². The Labute approximate surface area is 249 Å². The fourth-order valence-electron chi connectivity index (χ4n) is 7.58. The van der Waals surface area contributed by atoms with Gasteiger partial charge in [0.2, 0.25) is 0 Å². The van der Waals surface area contributed by atoms with Gasteiger partial charge in [-0.25, -0.2) is 0 Å². The van der Waals surface area contributed by atoms with Crippen molar-refractivity contribution < 1.29 is 9.90 Å². The van der Waals surface area contributed by atoms with Crippen molar-refractivity contribution in [3.63, 3.8) is 0 Å². The summed E-state index contributed by atoms with van der Waals surface area (Å²) in [4.78, 5) is 4.70. The first kappa shape index (κ1) is 21.8. The molecule has 6 aromatic rings. The monoisotopic (exact) mass is 541 g/mol. The third kappa shape index (κ3) is 4.54. The number of furan rings is 1. The summed E-state index contributed by atoms with van der Waals surface area (Å²) in [6.45, 7) is 8.75. The molecule has 2 heteroatoms. The van der Waals surface area contributed by atoms with Crippen LogP contribution in [0.15, 0.2) is 89.5 Å². The van der Waals surface area contributed by atoms with Gasteiger partial charge in [0.1, 0.15) is 11.2 Å². The molecular weight excluding hydrogens is 498 g/mol. The highest BCUT2D eigenvalue weighted by Gasteiger charge is 2.39. The number of para-hydroxylation sites is 1. The highest BCUT2D eigenvalue weighted by atomic mass is 16.3. The summed E-state index contributed by atoms with van der Waals surface area (Å²) in [5.41, 5.74) is 6.80. The van der Waals surface area contributed by atoms with Crippen LogP contribution in [0.25, 0.3) is 55.1 Å². The van der Waals surface area contributed by atoms with E-state index in [4.69, 9.17) is 13.5 Å². The third-order valence-electron chi connectivity index (χ3n) is 8.83. The molecule has 0 saturated heterocycles.